The Labute approximate surface area is 167 Å². The minimum atomic E-state index is -0.0537. The second-order valence-electron chi connectivity index (χ2n) is 6.38. The smallest absolute Gasteiger partial charge is 0.246 e. The van der Waals surface area contributed by atoms with Gasteiger partial charge < -0.3 is 4.90 Å². The lowest BCUT2D eigenvalue weighted by molar-refractivity contribution is -0.133. The zero-order valence-electron chi connectivity index (χ0n) is 15.2. The minimum absolute atomic E-state index is 0.0524. The van der Waals surface area contributed by atoms with Crippen LogP contribution in [0, 0.1) is 0 Å². The highest BCUT2D eigenvalue weighted by atomic mass is 32.1. The number of benzene rings is 2. The normalized spacial score (nSPS) is 10.7. The SMILES string of the molecule is O=C(Cn1nnc(-c2ccsc2)n1)N(Cc1ccccc1)Cc1ccccc1. The molecule has 2 aromatic heterocycles. The molecule has 0 N–H and O–H groups in total. The average molecular weight is 389 g/mol. The van der Waals surface area contributed by atoms with Gasteiger partial charge in [0.25, 0.3) is 0 Å². The number of rotatable bonds is 7. The fourth-order valence-electron chi connectivity index (χ4n) is 2.88. The Morgan fingerprint density at radius 2 is 1.57 bits per heavy atom. The molecule has 0 spiro atoms. The van der Waals surface area contributed by atoms with Crippen molar-refractivity contribution >= 4 is 17.2 Å². The van der Waals surface area contributed by atoms with Gasteiger partial charge in [0, 0.05) is 24.0 Å². The number of thiophene rings is 1. The largest absolute Gasteiger partial charge is 0.332 e. The van der Waals surface area contributed by atoms with E-state index in [4.69, 9.17) is 0 Å². The highest BCUT2D eigenvalue weighted by Crippen LogP contribution is 2.17. The summed E-state index contributed by atoms with van der Waals surface area (Å²) in [7, 11) is 0. The molecule has 140 valence electrons. The fourth-order valence-corrected chi connectivity index (χ4v) is 3.51. The van der Waals surface area contributed by atoms with E-state index in [2.05, 4.69) is 15.4 Å². The first-order chi connectivity index (χ1) is 13.8. The highest BCUT2D eigenvalue weighted by Gasteiger charge is 2.17. The number of nitrogens with zero attached hydrogens (tertiary/aromatic N) is 5. The molecule has 0 unspecified atom stereocenters. The molecule has 7 heteroatoms. The first-order valence-corrected chi connectivity index (χ1v) is 9.88. The van der Waals surface area contributed by atoms with Crippen LogP contribution in [0.1, 0.15) is 11.1 Å². The monoisotopic (exact) mass is 389 g/mol. The van der Waals surface area contributed by atoms with E-state index in [-0.39, 0.29) is 12.5 Å². The maximum absolute atomic E-state index is 13.0. The van der Waals surface area contributed by atoms with Crippen molar-refractivity contribution < 1.29 is 4.79 Å². The van der Waals surface area contributed by atoms with E-state index in [1.807, 2.05) is 82.4 Å². The Kier molecular flexibility index (Phi) is 5.53. The lowest BCUT2D eigenvalue weighted by atomic mass is 10.1. The third-order valence-electron chi connectivity index (χ3n) is 4.29. The summed E-state index contributed by atoms with van der Waals surface area (Å²) in [4.78, 5) is 16.2. The maximum atomic E-state index is 13.0. The molecular formula is C21H19N5OS. The summed E-state index contributed by atoms with van der Waals surface area (Å²) in [6, 6.07) is 21.9. The third kappa shape index (κ3) is 4.50. The van der Waals surface area contributed by atoms with Gasteiger partial charge in [-0.2, -0.15) is 16.1 Å². The first kappa shape index (κ1) is 18.1. The summed E-state index contributed by atoms with van der Waals surface area (Å²) >= 11 is 1.57. The molecule has 2 aromatic carbocycles. The zero-order chi connectivity index (χ0) is 19.2. The van der Waals surface area contributed by atoms with Gasteiger partial charge in [0.2, 0.25) is 11.7 Å². The predicted octanol–water partition coefficient (Wildman–Crippen LogP) is 3.63. The molecule has 6 nitrogen and oxygen atoms in total. The van der Waals surface area contributed by atoms with Crippen molar-refractivity contribution in [2.45, 2.75) is 19.6 Å². The lowest BCUT2D eigenvalue weighted by Crippen LogP contribution is -2.33. The van der Waals surface area contributed by atoms with Crippen LogP contribution in [0.25, 0.3) is 11.4 Å². The van der Waals surface area contributed by atoms with Crippen LogP contribution in [0.3, 0.4) is 0 Å². The number of hydrogen-bond donors (Lipinski definition) is 0. The molecule has 4 rings (SSSR count). The van der Waals surface area contributed by atoms with Crippen LogP contribution in [0.15, 0.2) is 77.5 Å². The van der Waals surface area contributed by atoms with E-state index < -0.39 is 0 Å². The third-order valence-corrected chi connectivity index (χ3v) is 4.98. The van der Waals surface area contributed by atoms with Crippen molar-refractivity contribution in [2.75, 3.05) is 0 Å². The standard InChI is InChI=1S/C21H19N5OS/c27-20(15-26-23-21(22-24-26)19-11-12-28-16-19)25(13-17-7-3-1-4-8-17)14-18-9-5-2-6-10-18/h1-12,16H,13-15H2. The second-order valence-corrected chi connectivity index (χ2v) is 7.16. The van der Waals surface area contributed by atoms with Crippen LogP contribution in [0.2, 0.25) is 0 Å². The molecular weight excluding hydrogens is 370 g/mol. The van der Waals surface area contributed by atoms with Crippen molar-refractivity contribution in [3.8, 4) is 11.4 Å². The van der Waals surface area contributed by atoms with Crippen LogP contribution in [-0.4, -0.2) is 31.0 Å². The van der Waals surface area contributed by atoms with E-state index in [9.17, 15) is 4.79 Å². The van der Waals surface area contributed by atoms with Gasteiger partial charge in [-0.3, -0.25) is 4.79 Å². The van der Waals surface area contributed by atoms with Crippen molar-refractivity contribution in [1.29, 1.82) is 0 Å². The molecule has 0 bridgehead atoms. The fraction of sp³-hybridized carbons (Fsp3) is 0.143. The van der Waals surface area contributed by atoms with Crippen LogP contribution in [0.4, 0.5) is 0 Å². The number of aromatic nitrogens is 4. The van der Waals surface area contributed by atoms with Gasteiger partial charge in [-0.1, -0.05) is 60.7 Å². The van der Waals surface area contributed by atoms with Gasteiger partial charge >= 0.3 is 0 Å². The molecule has 0 aliphatic rings. The van der Waals surface area contributed by atoms with Gasteiger partial charge in [-0.15, -0.1) is 10.2 Å². The molecule has 0 saturated heterocycles. The average Bonchev–Trinajstić information content (AvgIpc) is 3.41. The van der Waals surface area contributed by atoms with Gasteiger partial charge in [0.05, 0.1) is 0 Å². The zero-order valence-corrected chi connectivity index (χ0v) is 16.0. The number of tetrazole rings is 1. The Balaban J connectivity index is 1.50. The highest BCUT2D eigenvalue weighted by molar-refractivity contribution is 7.08. The molecule has 1 amide bonds. The summed E-state index contributed by atoms with van der Waals surface area (Å²) in [6.07, 6.45) is 0. The first-order valence-electron chi connectivity index (χ1n) is 8.94. The molecule has 2 heterocycles. The number of hydrogen-bond acceptors (Lipinski definition) is 5. The Morgan fingerprint density at radius 3 is 2.14 bits per heavy atom. The quantitative estimate of drug-likeness (QED) is 0.484. The summed E-state index contributed by atoms with van der Waals surface area (Å²) < 4.78 is 0. The molecule has 0 fully saturated rings. The Bertz CT molecular complexity index is 974. The molecule has 0 saturated carbocycles. The Morgan fingerprint density at radius 1 is 0.929 bits per heavy atom. The van der Waals surface area contributed by atoms with Crippen LogP contribution in [-0.2, 0) is 24.4 Å². The topological polar surface area (TPSA) is 63.9 Å². The molecule has 0 aliphatic carbocycles. The Hall–Kier alpha value is -3.32. The maximum Gasteiger partial charge on any atom is 0.246 e. The van der Waals surface area contributed by atoms with Crippen molar-refractivity contribution in [3.05, 3.63) is 88.6 Å². The van der Waals surface area contributed by atoms with Crippen LogP contribution >= 0.6 is 11.3 Å². The molecule has 0 atom stereocenters. The van der Waals surface area contributed by atoms with Gasteiger partial charge in [0.15, 0.2) is 0 Å². The molecule has 0 aliphatic heterocycles. The number of amides is 1. The summed E-state index contributed by atoms with van der Waals surface area (Å²) in [5, 5.41) is 16.4. The number of carbonyl (C=O) groups excluding carboxylic acids is 1. The summed E-state index contributed by atoms with van der Waals surface area (Å²) in [5.41, 5.74) is 3.07. The van der Waals surface area contributed by atoms with Crippen LogP contribution < -0.4 is 0 Å². The summed E-state index contributed by atoms with van der Waals surface area (Å²) in [6.45, 7) is 1.11. The molecule has 4 aromatic rings. The van der Waals surface area contributed by atoms with E-state index in [0.717, 1.165) is 16.7 Å². The van der Waals surface area contributed by atoms with E-state index >= 15 is 0 Å². The summed E-state index contributed by atoms with van der Waals surface area (Å²) in [5.74, 6) is 0.480. The lowest BCUT2D eigenvalue weighted by Gasteiger charge is -2.23. The van der Waals surface area contributed by atoms with Crippen LogP contribution in [0.5, 0.6) is 0 Å². The minimum Gasteiger partial charge on any atom is -0.332 e. The molecule has 0 radical (unpaired) electrons. The van der Waals surface area contributed by atoms with Crippen molar-refractivity contribution in [2.24, 2.45) is 0 Å². The molecule has 28 heavy (non-hydrogen) atoms. The van der Waals surface area contributed by atoms with Crippen molar-refractivity contribution in [3.63, 3.8) is 0 Å². The van der Waals surface area contributed by atoms with Gasteiger partial charge in [0.1, 0.15) is 6.54 Å². The van der Waals surface area contributed by atoms with Gasteiger partial charge in [-0.05, 0) is 27.8 Å². The van der Waals surface area contributed by atoms with E-state index in [0.29, 0.717) is 18.9 Å². The predicted molar refractivity (Wildman–Crippen MR) is 108 cm³/mol. The number of carbonyl (C=O) groups is 1. The second kappa shape index (κ2) is 8.58. The van der Waals surface area contributed by atoms with E-state index in [1.165, 1.54) is 4.80 Å². The van der Waals surface area contributed by atoms with Crippen molar-refractivity contribution in [1.82, 2.24) is 25.1 Å². The van der Waals surface area contributed by atoms with E-state index in [1.54, 1.807) is 11.3 Å². The van der Waals surface area contributed by atoms with Gasteiger partial charge in [-0.25, -0.2) is 0 Å².